The summed E-state index contributed by atoms with van der Waals surface area (Å²) in [5.41, 5.74) is 0.738. The average molecular weight is 209 g/mol. The number of aliphatic hydroxyl groups is 1. The molecule has 1 aliphatic heterocycles. The summed E-state index contributed by atoms with van der Waals surface area (Å²) in [6.07, 6.45) is 0.290. The van der Waals surface area contributed by atoms with Crippen LogP contribution >= 0.6 is 0 Å². The molecule has 0 spiro atoms. The maximum absolute atomic E-state index is 12.9. The summed E-state index contributed by atoms with van der Waals surface area (Å²) in [7, 11) is 0. The molecular weight excluding hydrogens is 193 g/mol. The van der Waals surface area contributed by atoms with Gasteiger partial charge in [-0.15, -0.1) is 0 Å². The Morgan fingerprint density at radius 2 is 2.20 bits per heavy atom. The first-order valence-electron chi connectivity index (χ1n) is 5.19. The second-order valence-corrected chi connectivity index (χ2v) is 4.84. The van der Waals surface area contributed by atoms with Gasteiger partial charge in [-0.25, -0.2) is 4.39 Å². The molecule has 1 aliphatic rings. The van der Waals surface area contributed by atoms with Crippen LogP contribution < -0.4 is 5.32 Å². The Morgan fingerprint density at radius 3 is 2.73 bits per heavy atom. The first-order chi connectivity index (χ1) is 6.98. The zero-order valence-corrected chi connectivity index (χ0v) is 9.00. The van der Waals surface area contributed by atoms with Gasteiger partial charge in [0.15, 0.2) is 0 Å². The fraction of sp³-hybridized carbons (Fsp3) is 0.500. The fourth-order valence-corrected chi connectivity index (χ4v) is 2.14. The van der Waals surface area contributed by atoms with E-state index in [0.29, 0.717) is 5.56 Å². The van der Waals surface area contributed by atoms with E-state index in [0.717, 1.165) is 6.42 Å². The van der Waals surface area contributed by atoms with Crippen LogP contribution in [0.4, 0.5) is 4.39 Å². The second kappa shape index (κ2) is 3.58. The SMILES string of the molecule is CC1(C)CC([C@@H](O)c2cccc(F)c2)N1. The first kappa shape index (κ1) is 10.6. The van der Waals surface area contributed by atoms with Crippen molar-refractivity contribution in [2.24, 2.45) is 0 Å². The lowest BCUT2D eigenvalue weighted by Gasteiger charge is -2.46. The maximum atomic E-state index is 12.9. The Kier molecular flexibility index (Phi) is 2.52. The molecule has 2 rings (SSSR count). The first-order valence-corrected chi connectivity index (χ1v) is 5.19. The van der Waals surface area contributed by atoms with Gasteiger partial charge in [0, 0.05) is 11.6 Å². The van der Waals surface area contributed by atoms with Crippen molar-refractivity contribution in [1.82, 2.24) is 5.32 Å². The van der Waals surface area contributed by atoms with E-state index >= 15 is 0 Å². The molecule has 1 unspecified atom stereocenters. The van der Waals surface area contributed by atoms with Gasteiger partial charge in [0.25, 0.3) is 0 Å². The second-order valence-electron chi connectivity index (χ2n) is 4.84. The molecule has 1 heterocycles. The Hall–Kier alpha value is -0.930. The Morgan fingerprint density at radius 1 is 1.53 bits per heavy atom. The zero-order chi connectivity index (χ0) is 11.1. The highest BCUT2D eigenvalue weighted by molar-refractivity contribution is 5.22. The van der Waals surface area contributed by atoms with Gasteiger partial charge >= 0.3 is 0 Å². The molecule has 1 fully saturated rings. The molecule has 1 aromatic rings. The van der Waals surface area contributed by atoms with E-state index in [-0.39, 0.29) is 17.4 Å². The number of hydrogen-bond donors (Lipinski definition) is 2. The van der Waals surface area contributed by atoms with Crippen LogP contribution in [0.15, 0.2) is 24.3 Å². The Bertz CT molecular complexity index is 356. The summed E-state index contributed by atoms with van der Waals surface area (Å²) in [6.45, 7) is 4.17. The molecule has 0 amide bonds. The topological polar surface area (TPSA) is 32.3 Å². The van der Waals surface area contributed by atoms with Gasteiger partial charge in [0.1, 0.15) is 5.82 Å². The molecule has 82 valence electrons. The lowest BCUT2D eigenvalue weighted by molar-refractivity contribution is 0.0388. The van der Waals surface area contributed by atoms with E-state index in [4.69, 9.17) is 0 Å². The third-order valence-electron chi connectivity index (χ3n) is 2.88. The van der Waals surface area contributed by atoms with Crippen molar-refractivity contribution in [2.45, 2.75) is 38.0 Å². The third-order valence-corrected chi connectivity index (χ3v) is 2.88. The number of benzene rings is 1. The van der Waals surface area contributed by atoms with Gasteiger partial charge in [0.2, 0.25) is 0 Å². The van der Waals surface area contributed by atoms with Crippen LogP contribution in [-0.2, 0) is 0 Å². The molecule has 2 nitrogen and oxygen atoms in total. The standard InChI is InChI=1S/C12H16FNO/c1-12(2)7-10(14-12)11(15)8-4-3-5-9(13)6-8/h3-6,10-11,14-15H,7H2,1-2H3/t10?,11-/m0/s1. The minimum Gasteiger partial charge on any atom is -0.387 e. The van der Waals surface area contributed by atoms with E-state index in [1.807, 2.05) is 0 Å². The lowest BCUT2D eigenvalue weighted by atomic mass is 9.80. The van der Waals surface area contributed by atoms with Crippen molar-refractivity contribution in [1.29, 1.82) is 0 Å². The molecule has 1 saturated heterocycles. The van der Waals surface area contributed by atoms with E-state index < -0.39 is 6.10 Å². The molecule has 0 aliphatic carbocycles. The summed E-state index contributed by atoms with van der Waals surface area (Å²) >= 11 is 0. The van der Waals surface area contributed by atoms with Gasteiger partial charge < -0.3 is 10.4 Å². The van der Waals surface area contributed by atoms with E-state index in [9.17, 15) is 9.50 Å². The third kappa shape index (κ3) is 2.19. The van der Waals surface area contributed by atoms with E-state index in [1.165, 1.54) is 12.1 Å². The quantitative estimate of drug-likeness (QED) is 0.780. The van der Waals surface area contributed by atoms with Crippen molar-refractivity contribution >= 4 is 0 Å². The number of nitrogens with one attached hydrogen (secondary N) is 1. The Balaban J connectivity index is 2.06. The number of rotatable bonds is 2. The van der Waals surface area contributed by atoms with Gasteiger partial charge in [-0.2, -0.15) is 0 Å². The summed E-state index contributed by atoms with van der Waals surface area (Å²) in [5.74, 6) is -0.301. The van der Waals surface area contributed by atoms with Crippen molar-refractivity contribution in [3.05, 3.63) is 35.6 Å². The van der Waals surface area contributed by atoms with Crippen LogP contribution in [0.3, 0.4) is 0 Å². The molecule has 0 radical (unpaired) electrons. The number of aliphatic hydroxyl groups excluding tert-OH is 1. The molecule has 2 atom stereocenters. The lowest BCUT2D eigenvalue weighted by Crippen LogP contribution is -2.61. The van der Waals surface area contributed by atoms with Crippen LogP contribution in [-0.4, -0.2) is 16.7 Å². The Labute approximate surface area is 89.1 Å². The minimum atomic E-state index is -0.617. The van der Waals surface area contributed by atoms with Crippen molar-refractivity contribution in [3.63, 3.8) is 0 Å². The van der Waals surface area contributed by atoms with Crippen molar-refractivity contribution in [2.75, 3.05) is 0 Å². The summed E-state index contributed by atoms with van der Waals surface area (Å²) in [6, 6.07) is 6.19. The normalized spacial score (nSPS) is 25.7. The van der Waals surface area contributed by atoms with E-state index in [2.05, 4.69) is 19.2 Å². The fourth-order valence-electron chi connectivity index (χ4n) is 2.14. The average Bonchev–Trinajstić information content (AvgIpc) is 2.13. The molecule has 1 aromatic carbocycles. The highest BCUT2D eigenvalue weighted by atomic mass is 19.1. The minimum absolute atomic E-state index is 0.0433. The summed E-state index contributed by atoms with van der Waals surface area (Å²) in [4.78, 5) is 0. The summed E-state index contributed by atoms with van der Waals surface area (Å²) < 4.78 is 12.9. The number of halogens is 1. The van der Waals surface area contributed by atoms with Gasteiger partial charge in [-0.05, 0) is 38.0 Å². The molecule has 15 heavy (non-hydrogen) atoms. The van der Waals surface area contributed by atoms with Crippen LogP contribution in [0, 0.1) is 5.82 Å². The molecule has 0 saturated carbocycles. The summed E-state index contributed by atoms with van der Waals surface area (Å²) in [5, 5.41) is 13.2. The van der Waals surface area contributed by atoms with Gasteiger partial charge in [-0.1, -0.05) is 12.1 Å². The predicted octanol–water partition coefficient (Wildman–Crippen LogP) is 2.00. The molecule has 2 N–H and O–H groups in total. The molecule has 3 heteroatoms. The predicted molar refractivity (Wildman–Crippen MR) is 57.0 cm³/mol. The highest BCUT2D eigenvalue weighted by Gasteiger charge is 2.39. The largest absolute Gasteiger partial charge is 0.387 e. The monoisotopic (exact) mass is 209 g/mol. The molecular formula is C12H16FNO. The van der Waals surface area contributed by atoms with Gasteiger partial charge in [0.05, 0.1) is 6.10 Å². The van der Waals surface area contributed by atoms with Crippen LogP contribution in [0.1, 0.15) is 31.9 Å². The van der Waals surface area contributed by atoms with Crippen molar-refractivity contribution in [3.8, 4) is 0 Å². The highest BCUT2D eigenvalue weighted by Crippen LogP contribution is 2.32. The molecule has 0 bridgehead atoms. The van der Waals surface area contributed by atoms with Crippen LogP contribution in [0.2, 0.25) is 0 Å². The van der Waals surface area contributed by atoms with Crippen molar-refractivity contribution < 1.29 is 9.50 Å². The van der Waals surface area contributed by atoms with Crippen LogP contribution in [0.25, 0.3) is 0 Å². The number of hydrogen-bond acceptors (Lipinski definition) is 2. The van der Waals surface area contributed by atoms with E-state index in [1.54, 1.807) is 12.1 Å². The zero-order valence-electron chi connectivity index (χ0n) is 9.00. The maximum Gasteiger partial charge on any atom is 0.123 e. The van der Waals surface area contributed by atoms with Gasteiger partial charge in [-0.3, -0.25) is 0 Å². The van der Waals surface area contributed by atoms with Crippen LogP contribution in [0.5, 0.6) is 0 Å². The molecule has 0 aromatic heterocycles. The smallest absolute Gasteiger partial charge is 0.123 e.